The van der Waals surface area contributed by atoms with Crippen LogP contribution in [0.2, 0.25) is 0 Å². The Kier molecular flexibility index (Phi) is 5.87. The van der Waals surface area contributed by atoms with E-state index in [4.69, 9.17) is 9.84 Å². The van der Waals surface area contributed by atoms with Crippen molar-refractivity contribution in [1.82, 2.24) is 5.32 Å². The number of halogens is 3. The number of hydrogen-bond acceptors (Lipinski definition) is 3. The van der Waals surface area contributed by atoms with E-state index in [0.29, 0.717) is 0 Å². The molecule has 22 heavy (non-hydrogen) atoms. The second-order valence-electron chi connectivity index (χ2n) is 5.60. The van der Waals surface area contributed by atoms with Crippen LogP contribution in [0.3, 0.4) is 0 Å². The average molecular weight is 380 g/mol. The molecule has 122 valence electrons. The van der Waals surface area contributed by atoms with Crippen molar-refractivity contribution < 1.29 is 28.2 Å². The first kappa shape index (κ1) is 18.3. The van der Waals surface area contributed by atoms with Gasteiger partial charge < -0.3 is 15.2 Å². The van der Waals surface area contributed by atoms with Gasteiger partial charge in [0.1, 0.15) is 23.3 Å². The quantitative estimate of drug-likeness (QED) is 0.787. The summed E-state index contributed by atoms with van der Waals surface area (Å²) in [5.74, 6) is -2.88. The summed E-state index contributed by atoms with van der Waals surface area (Å²) < 4.78 is 32.0. The molecule has 0 saturated heterocycles. The van der Waals surface area contributed by atoms with E-state index < -0.39 is 41.8 Å². The topological polar surface area (TPSA) is 75.6 Å². The SMILES string of the molecule is CC(C)(C)OC(=O)N[C@@H](Cc1cc(F)c(Br)cc1F)C(=O)O. The Morgan fingerprint density at radius 3 is 2.41 bits per heavy atom. The molecule has 0 fully saturated rings. The molecule has 0 aromatic heterocycles. The molecule has 0 heterocycles. The maximum absolute atomic E-state index is 13.7. The molecular formula is C14H16BrF2NO4. The Morgan fingerprint density at radius 2 is 1.91 bits per heavy atom. The summed E-state index contributed by atoms with van der Waals surface area (Å²) in [6, 6.07) is 0.341. The zero-order valence-electron chi connectivity index (χ0n) is 12.2. The standard InChI is InChI=1S/C14H16BrF2NO4/c1-14(2,3)22-13(21)18-11(12(19)20)5-7-4-10(17)8(15)6-9(7)16/h4,6,11H,5H2,1-3H3,(H,18,21)(H,19,20)/t11-/m0/s1. The molecule has 0 saturated carbocycles. The number of rotatable bonds is 4. The number of benzene rings is 1. The number of ether oxygens (including phenoxy) is 1. The lowest BCUT2D eigenvalue weighted by Crippen LogP contribution is -2.44. The van der Waals surface area contributed by atoms with E-state index in [1.807, 2.05) is 0 Å². The Balaban J connectivity index is 2.88. The van der Waals surface area contributed by atoms with E-state index in [0.717, 1.165) is 12.1 Å². The molecular weight excluding hydrogens is 364 g/mol. The van der Waals surface area contributed by atoms with Gasteiger partial charge in [-0.1, -0.05) is 0 Å². The average Bonchev–Trinajstić information content (AvgIpc) is 2.32. The number of amides is 1. The van der Waals surface area contributed by atoms with Gasteiger partial charge in [-0.25, -0.2) is 18.4 Å². The summed E-state index contributed by atoms with van der Waals surface area (Å²) in [5, 5.41) is 11.2. The van der Waals surface area contributed by atoms with Gasteiger partial charge in [-0.2, -0.15) is 0 Å². The third-order valence-corrected chi connectivity index (χ3v) is 3.11. The van der Waals surface area contributed by atoms with Crippen LogP contribution in [0.4, 0.5) is 13.6 Å². The monoisotopic (exact) mass is 379 g/mol. The van der Waals surface area contributed by atoms with E-state index in [2.05, 4.69) is 21.2 Å². The molecule has 1 rings (SSSR count). The van der Waals surface area contributed by atoms with Crippen LogP contribution in [0.25, 0.3) is 0 Å². The number of hydrogen-bond donors (Lipinski definition) is 2. The van der Waals surface area contributed by atoms with Gasteiger partial charge in [-0.05, 0) is 54.4 Å². The smallest absolute Gasteiger partial charge is 0.408 e. The molecule has 2 N–H and O–H groups in total. The van der Waals surface area contributed by atoms with Crippen molar-refractivity contribution in [3.05, 3.63) is 33.8 Å². The fourth-order valence-electron chi connectivity index (χ4n) is 1.59. The van der Waals surface area contributed by atoms with Crippen molar-refractivity contribution in [2.24, 2.45) is 0 Å². The third kappa shape index (κ3) is 5.59. The van der Waals surface area contributed by atoms with Crippen LogP contribution in [0, 0.1) is 11.6 Å². The molecule has 0 bridgehead atoms. The fourth-order valence-corrected chi connectivity index (χ4v) is 1.91. The first-order valence-electron chi connectivity index (χ1n) is 6.35. The number of carboxylic acids is 1. The van der Waals surface area contributed by atoms with Gasteiger partial charge in [0.25, 0.3) is 0 Å². The van der Waals surface area contributed by atoms with Crippen molar-refractivity contribution in [2.75, 3.05) is 0 Å². The summed E-state index contributed by atoms with van der Waals surface area (Å²) in [7, 11) is 0. The van der Waals surface area contributed by atoms with E-state index in [9.17, 15) is 18.4 Å². The van der Waals surface area contributed by atoms with Crippen molar-refractivity contribution in [1.29, 1.82) is 0 Å². The van der Waals surface area contributed by atoms with E-state index in [1.54, 1.807) is 20.8 Å². The maximum atomic E-state index is 13.7. The maximum Gasteiger partial charge on any atom is 0.408 e. The Labute approximate surface area is 134 Å². The third-order valence-electron chi connectivity index (χ3n) is 2.50. The molecule has 0 radical (unpaired) electrons. The number of alkyl carbamates (subject to hydrolysis) is 1. The summed E-state index contributed by atoms with van der Waals surface area (Å²) in [4.78, 5) is 22.8. The normalized spacial score (nSPS) is 12.6. The fraction of sp³-hybridized carbons (Fsp3) is 0.429. The van der Waals surface area contributed by atoms with Gasteiger partial charge in [0.05, 0.1) is 4.47 Å². The molecule has 1 amide bonds. The number of carbonyl (C=O) groups excluding carboxylic acids is 1. The van der Waals surface area contributed by atoms with Crippen LogP contribution >= 0.6 is 15.9 Å². The predicted octanol–water partition coefficient (Wildman–Crippen LogP) is 3.25. The number of carboxylic acid groups (broad SMARTS) is 1. The highest BCUT2D eigenvalue weighted by molar-refractivity contribution is 9.10. The largest absolute Gasteiger partial charge is 0.480 e. The predicted molar refractivity (Wildman–Crippen MR) is 78.6 cm³/mol. The molecule has 0 aliphatic rings. The minimum absolute atomic E-state index is 0.0688. The molecule has 0 aliphatic heterocycles. The number of carbonyl (C=O) groups is 2. The summed E-state index contributed by atoms with van der Waals surface area (Å²) in [5.41, 5.74) is -0.966. The lowest BCUT2D eigenvalue weighted by Gasteiger charge is -2.22. The molecule has 1 aromatic rings. The van der Waals surface area contributed by atoms with E-state index in [-0.39, 0.29) is 10.0 Å². The summed E-state index contributed by atoms with van der Waals surface area (Å²) >= 11 is 2.83. The zero-order chi connectivity index (χ0) is 17.1. The highest BCUT2D eigenvalue weighted by atomic mass is 79.9. The van der Waals surface area contributed by atoms with Crippen LogP contribution in [-0.2, 0) is 16.0 Å². The number of aliphatic carboxylic acids is 1. The second kappa shape index (κ2) is 7.04. The Morgan fingerprint density at radius 1 is 1.32 bits per heavy atom. The molecule has 1 atom stereocenters. The number of nitrogens with one attached hydrogen (secondary N) is 1. The highest BCUT2D eigenvalue weighted by Crippen LogP contribution is 2.21. The van der Waals surface area contributed by atoms with E-state index in [1.165, 1.54) is 0 Å². The lowest BCUT2D eigenvalue weighted by molar-refractivity contribution is -0.139. The van der Waals surface area contributed by atoms with Crippen molar-refractivity contribution >= 4 is 28.0 Å². The van der Waals surface area contributed by atoms with Crippen LogP contribution in [-0.4, -0.2) is 28.8 Å². The molecule has 0 spiro atoms. The van der Waals surface area contributed by atoms with E-state index >= 15 is 0 Å². The Bertz CT molecular complexity index is 587. The van der Waals surface area contributed by atoms with Gasteiger partial charge >= 0.3 is 12.1 Å². The molecule has 1 aromatic carbocycles. The van der Waals surface area contributed by atoms with Crippen LogP contribution in [0.5, 0.6) is 0 Å². The lowest BCUT2D eigenvalue weighted by atomic mass is 10.1. The summed E-state index contributed by atoms with van der Waals surface area (Å²) in [6.07, 6.45) is -1.36. The van der Waals surface area contributed by atoms with Gasteiger partial charge in [-0.15, -0.1) is 0 Å². The molecule has 0 unspecified atom stereocenters. The second-order valence-corrected chi connectivity index (χ2v) is 6.45. The van der Waals surface area contributed by atoms with Crippen molar-refractivity contribution in [3.63, 3.8) is 0 Å². The molecule has 5 nitrogen and oxygen atoms in total. The van der Waals surface area contributed by atoms with Crippen LogP contribution < -0.4 is 5.32 Å². The minimum Gasteiger partial charge on any atom is -0.480 e. The van der Waals surface area contributed by atoms with Crippen molar-refractivity contribution in [2.45, 2.75) is 38.8 Å². The Hall–Kier alpha value is -1.70. The first-order chi connectivity index (χ1) is 9.99. The van der Waals surface area contributed by atoms with Crippen molar-refractivity contribution in [3.8, 4) is 0 Å². The van der Waals surface area contributed by atoms with Crippen LogP contribution in [0.1, 0.15) is 26.3 Å². The zero-order valence-corrected chi connectivity index (χ0v) is 13.8. The highest BCUT2D eigenvalue weighted by Gasteiger charge is 2.25. The molecule has 8 heteroatoms. The van der Waals surface area contributed by atoms with Gasteiger partial charge in [0.15, 0.2) is 0 Å². The van der Waals surface area contributed by atoms with Gasteiger partial charge in [0, 0.05) is 6.42 Å². The molecule has 0 aliphatic carbocycles. The van der Waals surface area contributed by atoms with Gasteiger partial charge in [-0.3, -0.25) is 0 Å². The van der Waals surface area contributed by atoms with Crippen LogP contribution in [0.15, 0.2) is 16.6 Å². The first-order valence-corrected chi connectivity index (χ1v) is 7.14. The van der Waals surface area contributed by atoms with Gasteiger partial charge in [0.2, 0.25) is 0 Å². The minimum atomic E-state index is -1.44. The summed E-state index contributed by atoms with van der Waals surface area (Å²) in [6.45, 7) is 4.85.